The fourth-order valence-corrected chi connectivity index (χ4v) is 2.29. The molecule has 1 heterocycles. The molecule has 1 aromatic carbocycles. The van der Waals surface area contributed by atoms with Gasteiger partial charge in [0.05, 0.1) is 11.3 Å². The Morgan fingerprint density at radius 1 is 1.37 bits per heavy atom. The number of nitrogens with two attached hydrogens (primary N) is 1. The van der Waals surface area contributed by atoms with E-state index in [0.717, 1.165) is 19.6 Å². The maximum absolute atomic E-state index is 13.4. The number of carbonyl (C=O) groups excluding carboxylic acids is 1. The number of para-hydroxylation sites is 1. The molecule has 104 valence electrons. The van der Waals surface area contributed by atoms with E-state index in [-0.39, 0.29) is 17.2 Å². The van der Waals surface area contributed by atoms with Gasteiger partial charge >= 0.3 is 0 Å². The summed E-state index contributed by atoms with van der Waals surface area (Å²) < 4.78 is 13.4. The van der Waals surface area contributed by atoms with E-state index in [1.54, 1.807) is 6.07 Å². The number of benzene rings is 1. The molecule has 1 saturated heterocycles. The van der Waals surface area contributed by atoms with Gasteiger partial charge in [-0.15, -0.1) is 0 Å². The number of carbonyl (C=O) groups is 1. The van der Waals surface area contributed by atoms with Crippen LogP contribution in [-0.4, -0.2) is 37.0 Å². The van der Waals surface area contributed by atoms with E-state index >= 15 is 0 Å². The van der Waals surface area contributed by atoms with Crippen LogP contribution in [0.3, 0.4) is 0 Å². The lowest BCUT2D eigenvalue weighted by atomic mass is 10.1. The highest BCUT2D eigenvalue weighted by Crippen LogP contribution is 2.18. The Labute approximate surface area is 111 Å². The van der Waals surface area contributed by atoms with Crippen molar-refractivity contribution in [3.63, 3.8) is 0 Å². The minimum absolute atomic E-state index is 0.0289. The normalized spacial score (nSPS) is 15.5. The lowest BCUT2D eigenvalue weighted by Gasteiger charge is -2.15. The number of hydrogen-bond acceptors (Lipinski definition) is 4. The van der Waals surface area contributed by atoms with E-state index in [1.165, 1.54) is 25.0 Å². The van der Waals surface area contributed by atoms with Crippen molar-refractivity contribution in [2.75, 3.05) is 31.6 Å². The average molecular weight is 266 g/mol. The Bertz CT molecular complexity index is 446. The van der Waals surface area contributed by atoms with Crippen LogP contribution in [0.1, 0.15) is 23.2 Å². The van der Waals surface area contributed by atoms with Crippen molar-refractivity contribution in [3.8, 4) is 0 Å². The standard InChI is InChI=1S/C13H19FN4O/c14-11-5-3-4-10(12(11)17-15)13(19)16-6-9-18-7-1-2-8-18/h3-5,17H,1-2,6-9,15H2,(H,16,19). The molecule has 1 amide bonds. The van der Waals surface area contributed by atoms with Crippen molar-refractivity contribution in [3.05, 3.63) is 29.6 Å². The zero-order valence-electron chi connectivity index (χ0n) is 10.8. The van der Waals surface area contributed by atoms with E-state index in [1.807, 2.05) is 0 Å². The van der Waals surface area contributed by atoms with Gasteiger partial charge in [-0.2, -0.15) is 0 Å². The molecule has 0 unspecified atom stereocenters. The van der Waals surface area contributed by atoms with Crippen LogP contribution in [0.25, 0.3) is 0 Å². The molecule has 0 radical (unpaired) electrons. The number of likely N-dealkylation sites (tertiary alicyclic amines) is 1. The van der Waals surface area contributed by atoms with Gasteiger partial charge in [-0.05, 0) is 38.1 Å². The van der Waals surface area contributed by atoms with Gasteiger partial charge in [-0.1, -0.05) is 6.07 Å². The summed E-state index contributed by atoms with van der Waals surface area (Å²) in [6.07, 6.45) is 2.44. The molecule has 2 rings (SSSR count). The number of hydrogen-bond donors (Lipinski definition) is 3. The number of nitrogen functional groups attached to an aromatic ring is 1. The smallest absolute Gasteiger partial charge is 0.253 e. The highest BCUT2D eigenvalue weighted by atomic mass is 19.1. The molecule has 1 fully saturated rings. The Kier molecular flexibility index (Phi) is 4.70. The molecule has 0 saturated carbocycles. The minimum Gasteiger partial charge on any atom is -0.351 e. The van der Waals surface area contributed by atoms with Crippen LogP contribution in [-0.2, 0) is 0 Å². The maximum Gasteiger partial charge on any atom is 0.253 e. The SMILES string of the molecule is NNc1c(F)cccc1C(=O)NCCN1CCCC1. The minimum atomic E-state index is -0.533. The molecule has 19 heavy (non-hydrogen) atoms. The summed E-state index contributed by atoms with van der Waals surface area (Å²) in [7, 11) is 0. The first-order chi connectivity index (χ1) is 9.22. The number of nitrogens with zero attached hydrogens (tertiary/aromatic N) is 1. The van der Waals surface area contributed by atoms with Crippen molar-refractivity contribution in [2.24, 2.45) is 5.84 Å². The highest BCUT2D eigenvalue weighted by Gasteiger charge is 2.15. The molecular weight excluding hydrogens is 247 g/mol. The number of anilines is 1. The van der Waals surface area contributed by atoms with Gasteiger partial charge in [0.2, 0.25) is 0 Å². The fourth-order valence-electron chi connectivity index (χ4n) is 2.29. The Hall–Kier alpha value is -1.66. The predicted molar refractivity (Wildman–Crippen MR) is 72.2 cm³/mol. The second-order valence-electron chi connectivity index (χ2n) is 4.61. The molecule has 0 spiro atoms. The van der Waals surface area contributed by atoms with Crippen LogP contribution in [0.15, 0.2) is 18.2 Å². The average Bonchev–Trinajstić information content (AvgIpc) is 2.91. The van der Waals surface area contributed by atoms with Crippen LogP contribution in [0, 0.1) is 5.82 Å². The lowest BCUT2D eigenvalue weighted by Crippen LogP contribution is -2.34. The number of hydrazine groups is 1. The zero-order valence-corrected chi connectivity index (χ0v) is 10.8. The van der Waals surface area contributed by atoms with Crippen LogP contribution in [0.4, 0.5) is 10.1 Å². The number of rotatable bonds is 5. The molecule has 1 aliphatic heterocycles. The zero-order chi connectivity index (χ0) is 13.7. The first-order valence-electron chi connectivity index (χ1n) is 6.48. The second kappa shape index (κ2) is 6.49. The molecule has 5 nitrogen and oxygen atoms in total. The number of halogens is 1. The van der Waals surface area contributed by atoms with Crippen molar-refractivity contribution in [1.82, 2.24) is 10.2 Å². The molecule has 1 aliphatic rings. The van der Waals surface area contributed by atoms with Crippen molar-refractivity contribution < 1.29 is 9.18 Å². The summed E-state index contributed by atoms with van der Waals surface area (Å²) >= 11 is 0. The van der Waals surface area contributed by atoms with Gasteiger partial charge in [0, 0.05) is 13.1 Å². The molecule has 1 aromatic rings. The van der Waals surface area contributed by atoms with Crippen molar-refractivity contribution in [2.45, 2.75) is 12.8 Å². The first-order valence-corrected chi connectivity index (χ1v) is 6.48. The van der Waals surface area contributed by atoms with E-state index in [2.05, 4.69) is 15.6 Å². The third-order valence-corrected chi connectivity index (χ3v) is 3.31. The van der Waals surface area contributed by atoms with Crippen LogP contribution >= 0.6 is 0 Å². The molecule has 6 heteroatoms. The molecule has 0 bridgehead atoms. The summed E-state index contributed by atoms with van der Waals surface area (Å²) in [4.78, 5) is 14.3. The predicted octanol–water partition coefficient (Wildman–Crippen LogP) is 0.937. The van der Waals surface area contributed by atoms with E-state index in [4.69, 9.17) is 5.84 Å². The maximum atomic E-state index is 13.4. The van der Waals surface area contributed by atoms with E-state index < -0.39 is 5.82 Å². The molecule has 0 atom stereocenters. The second-order valence-corrected chi connectivity index (χ2v) is 4.61. The Morgan fingerprint density at radius 2 is 2.11 bits per heavy atom. The fraction of sp³-hybridized carbons (Fsp3) is 0.462. The third-order valence-electron chi connectivity index (χ3n) is 3.31. The molecule has 0 aromatic heterocycles. The van der Waals surface area contributed by atoms with Gasteiger partial charge in [0.25, 0.3) is 5.91 Å². The van der Waals surface area contributed by atoms with Gasteiger partial charge in [-0.3, -0.25) is 10.6 Å². The summed E-state index contributed by atoms with van der Waals surface area (Å²) in [5, 5.41) is 2.78. The quantitative estimate of drug-likeness (QED) is 0.548. The lowest BCUT2D eigenvalue weighted by molar-refractivity contribution is 0.0950. The summed E-state index contributed by atoms with van der Waals surface area (Å²) in [6, 6.07) is 4.30. The highest BCUT2D eigenvalue weighted by molar-refractivity contribution is 5.99. The van der Waals surface area contributed by atoms with Crippen LogP contribution in [0.2, 0.25) is 0 Å². The van der Waals surface area contributed by atoms with Gasteiger partial charge < -0.3 is 15.6 Å². The summed E-state index contributed by atoms with van der Waals surface area (Å²) in [6.45, 7) is 3.56. The molecular formula is C13H19FN4O. The van der Waals surface area contributed by atoms with E-state index in [9.17, 15) is 9.18 Å². The van der Waals surface area contributed by atoms with Crippen LogP contribution < -0.4 is 16.6 Å². The Morgan fingerprint density at radius 3 is 2.79 bits per heavy atom. The van der Waals surface area contributed by atoms with Crippen LogP contribution in [0.5, 0.6) is 0 Å². The number of amides is 1. The van der Waals surface area contributed by atoms with Gasteiger partial charge in [0.15, 0.2) is 0 Å². The molecule has 4 N–H and O–H groups in total. The van der Waals surface area contributed by atoms with E-state index in [0.29, 0.717) is 6.54 Å². The Balaban J connectivity index is 1.90. The van der Waals surface area contributed by atoms with Gasteiger partial charge in [0.1, 0.15) is 5.82 Å². The summed E-state index contributed by atoms with van der Waals surface area (Å²) in [5.41, 5.74) is 2.48. The largest absolute Gasteiger partial charge is 0.351 e. The van der Waals surface area contributed by atoms with Crippen molar-refractivity contribution in [1.29, 1.82) is 0 Å². The monoisotopic (exact) mass is 266 g/mol. The number of nitrogens with one attached hydrogen (secondary N) is 2. The third kappa shape index (κ3) is 3.42. The van der Waals surface area contributed by atoms with Gasteiger partial charge in [-0.25, -0.2) is 4.39 Å². The molecule has 0 aliphatic carbocycles. The topological polar surface area (TPSA) is 70.4 Å². The summed E-state index contributed by atoms with van der Waals surface area (Å²) in [5.74, 6) is 4.39. The first kappa shape index (κ1) is 13.8. The van der Waals surface area contributed by atoms with Crippen molar-refractivity contribution >= 4 is 11.6 Å².